The van der Waals surface area contributed by atoms with E-state index in [0.717, 1.165) is 26.6 Å². The van der Waals surface area contributed by atoms with Crippen LogP contribution >= 0.6 is 23.1 Å². The maximum absolute atomic E-state index is 14.4. The zero-order valence-corrected chi connectivity index (χ0v) is 24.0. The molecule has 1 aliphatic heterocycles. The van der Waals surface area contributed by atoms with E-state index in [1.165, 1.54) is 4.90 Å². The highest BCUT2D eigenvalue weighted by Gasteiger charge is 2.53. The first-order chi connectivity index (χ1) is 17.8. The smallest absolute Gasteiger partial charge is 0.258 e. The Morgan fingerprint density at radius 2 is 2.03 bits per heavy atom. The fraction of sp³-hybridized carbons (Fsp3) is 0.556. The second-order valence-corrected chi connectivity index (χ2v) is 12.8. The standard InChI is InChI=1S/C27H35FN4O4S2/c1-15-21(38-14-30-15)16-6-7-17(20(10-16)37-5)12-29-23(34)19-11-18(33)13-32(19)24(35)22(26(2,3)4)31-25(36)27(28)8-9-27/h6-7,10,14,18-19,22,33H,8-9,11-13H2,1-5H3,(H,29,34)(H,31,36)/t18-,19+,22-/m1/s1. The van der Waals surface area contributed by atoms with E-state index < -0.39 is 41.1 Å². The second-order valence-electron chi connectivity index (χ2n) is 11.1. The molecule has 0 bridgehead atoms. The van der Waals surface area contributed by atoms with Gasteiger partial charge in [0.25, 0.3) is 5.91 Å². The van der Waals surface area contributed by atoms with E-state index in [1.54, 1.807) is 43.9 Å². The van der Waals surface area contributed by atoms with Gasteiger partial charge >= 0.3 is 0 Å². The molecule has 3 N–H and O–H groups in total. The Morgan fingerprint density at radius 1 is 1.32 bits per heavy atom. The first-order valence-electron chi connectivity index (χ1n) is 12.7. The number of carbonyl (C=O) groups is 3. The summed E-state index contributed by atoms with van der Waals surface area (Å²) in [5, 5.41) is 15.9. The quantitative estimate of drug-likeness (QED) is 0.425. The van der Waals surface area contributed by atoms with E-state index in [0.29, 0.717) is 0 Å². The van der Waals surface area contributed by atoms with Crippen molar-refractivity contribution < 1.29 is 23.9 Å². The number of benzene rings is 1. The van der Waals surface area contributed by atoms with Gasteiger partial charge in [-0.05, 0) is 48.6 Å². The van der Waals surface area contributed by atoms with Gasteiger partial charge in [-0.2, -0.15) is 0 Å². The van der Waals surface area contributed by atoms with E-state index in [2.05, 4.69) is 21.7 Å². The van der Waals surface area contributed by atoms with Crippen LogP contribution in [-0.2, 0) is 20.9 Å². The summed E-state index contributed by atoms with van der Waals surface area (Å²) in [5.41, 5.74) is 2.14. The number of nitrogens with one attached hydrogen (secondary N) is 2. The molecule has 206 valence electrons. The fourth-order valence-corrected chi connectivity index (χ4v) is 6.08. The summed E-state index contributed by atoms with van der Waals surface area (Å²) in [6.45, 7) is 7.53. The van der Waals surface area contributed by atoms with Gasteiger partial charge in [0.05, 0.1) is 22.2 Å². The number of likely N-dealkylation sites (tertiary alicyclic amines) is 1. The molecule has 2 aromatic rings. The van der Waals surface area contributed by atoms with Gasteiger partial charge in [-0.25, -0.2) is 9.37 Å². The number of thiazole rings is 1. The first-order valence-corrected chi connectivity index (χ1v) is 14.8. The lowest BCUT2D eigenvalue weighted by molar-refractivity contribution is -0.145. The van der Waals surface area contributed by atoms with Gasteiger partial charge in [0.1, 0.15) is 12.1 Å². The normalized spacial score (nSPS) is 21.2. The van der Waals surface area contributed by atoms with Crippen molar-refractivity contribution in [3.63, 3.8) is 0 Å². The lowest BCUT2D eigenvalue weighted by atomic mass is 9.85. The fourth-order valence-electron chi connectivity index (χ4n) is 4.63. The highest BCUT2D eigenvalue weighted by Crippen LogP contribution is 2.40. The summed E-state index contributed by atoms with van der Waals surface area (Å²) in [6.07, 6.45) is 1.47. The monoisotopic (exact) mass is 562 g/mol. The van der Waals surface area contributed by atoms with Crippen LogP contribution in [0, 0.1) is 12.3 Å². The van der Waals surface area contributed by atoms with E-state index in [9.17, 15) is 23.9 Å². The number of carbonyl (C=O) groups excluding carboxylic acids is 3. The molecule has 1 saturated carbocycles. The molecule has 2 heterocycles. The predicted octanol–water partition coefficient (Wildman–Crippen LogP) is 3.45. The number of thioether (sulfide) groups is 1. The molecule has 0 radical (unpaired) electrons. The van der Waals surface area contributed by atoms with Gasteiger partial charge in [0, 0.05) is 24.4 Å². The van der Waals surface area contributed by atoms with Crippen molar-refractivity contribution in [2.24, 2.45) is 5.41 Å². The third kappa shape index (κ3) is 6.05. The van der Waals surface area contributed by atoms with Crippen LogP contribution in [0.15, 0.2) is 28.6 Å². The Hall–Kier alpha value is -2.50. The Labute approximate surface area is 230 Å². The number of alkyl halides is 1. The first kappa shape index (κ1) is 28.5. The number of rotatable bonds is 8. The number of aliphatic hydroxyl groups excluding tert-OH is 1. The number of β-amino-alcohol motifs (C(OH)–C–C–N with tert-alkyl or cyclic N) is 1. The Morgan fingerprint density at radius 3 is 2.61 bits per heavy atom. The van der Waals surface area contributed by atoms with Crippen molar-refractivity contribution in [3.05, 3.63) is 35.0 Å². The van der Waals surface area contributed by atoms with Crippen LogP contribution in [0.4, 0.5) is 4.39 Å². The summed E-state index contributed by atoms with van der Waals surface area (Å²) < 4.78 is 14.4. The van der Waals surface area contributed by atoms with Gasteiger partial charge in [0.2, 0.25) is 11.8 Å². The molecule has 1 aliphatic carbocycles. The van der Waals surface area contributed by atoms with Gasteiger partial charge in [-0.3, -0.25) is 14.4 Å². The average molecular weight is 563 g/mol. The number of halogens is 1. The third-order valence-electron chi connectivity index (χ3n) is 7.10. The maximum atomic E-state index is 14.4. The molecule has 1 aromatic heterocycles. The van der Waals surface area contributed by atoms with Crippen molar-refractivity contribution in [2.75, 3.05) is 12.8 Å². The highest BCUT2D eigenvalue weighted by atomic mass is 32.2. The van der Waals surface area contributed by atoms with Crippen molar-refractivity contribution in [2.45, 2.75) is 82.3 Å². The summed E-state index contributed by atoms with van der Waals surface area (Å²) in [4.78, 5) is 47.0. The summed E-state index contributed by atoms with van der Waals surface area (Å²) in [7, 11) is 0. The number of aromatic nitrogens is 1. The maximum Gasteiger partial charge on any atom is 0.258 e. The molecular weight excluding hydrogens is 527 g/mol. The largest absolute Gasteiger partial charge is 0.391 e. The summed E-state index contributed by atoms with van der Waals surface area (Å²) in [6, 6.07) is 4.13. The minimum atomic E-state index is -1.92. The van der Waals surface area contributed by atoms with Crippen LogP contribution in [0.3, 0.4) is 0 Å². The number of aryl methyl sites for hydroxylation is 1. The van der Waals surface area contributed by atoms with Gasteiger partial charge in [-0.15, -0.1) is 23.1 Å². The Bertz CT molecular complexity index is 1220. The van der Waals surface area contributed by atoms with E-state index >= 15 is 0 Å². The van der Waals surface area contributed by atoms with Crippen LogP contribution in [0.1, 0.15) is 51.3 Å². The number of aliphatic hydroxyl groups is 1. The van der Waals surface area contributed by atoms with Crippen LogP contribution in [0.2, 0.25) is 0 Å². The minimum absolute atomic E-state index is 0.0287. The molecule has 0 spiro atoms. The number of nitrogens with zero attached hydrogens (tertiary/aromatic N) is 2. The summed E-state index contributed by atoms with van der Waals surface area (Å²) in [5.74, 6) is -1.68. The molecule has 1 saturated heterocycles. The van der Waals surface area contributed by atoms with Crippen molar-refractivity contribution in [1.82, 2.24) is 20.5 Å². The lowest BCUT2D eigenvalue weighted by Crippen LogP contribution is -2.59. The molecule has 3 atom stereocenters. The van der Waals surface area contributed by atoms with Crippen LogP contribution < -0.4 is 10.6 Å². The number of hydrogen-bond acceptors (Lipinski definition) is 7. The zero-order chi connectivity index (χ0) is 27.8. The minimum Gasteiger partial charge on any atom is -0.391 e. The topological polar surface area (TPSA) is 112 Å². The van der Waals surface area contributed by atoms with Crippen LogP contribution in [0.5, 0.6) is 0 Å². The van der Waals surface area contributed by atoms with Gasteiger partial charge < -0.3 is 20.6 Å². The highest BCUT2D eigenvalue weighted by molar-refractivity contribution is 7.98. The van der Waals surface area contributed by atoms with Crippen molar-refractivity contribution in [3.8, 4) is 10.4 Å². The van der Waals surface area contributed by atoms with Gasteiger partial charge in [0.15, 0.2) is 5.67 Å². The van der Waals surface area contributed by atoms with Gasteiger partial charge in [-0.1, -0.05) is 32.9 Å². The van der Waals surface area contributed by atoms with E-state index in [-0.39, 0.29) is 38.3 Å². The average Bonchev–Trinajstić information content (AvgIpc) is 3.28. The Kier molecular flexibility index (Phi) is 8.20. The molecule has 11 heteroatoms. The van der Waals surface area contributed by atoms with Crippen molar-refractivity contribution in [1.29, 1.82) is 0 Å². The molecule has 2 aliphatic rings. The van der Waals surface area contributed by atoms with E-state index in [1.807, 2.05) is 30.8 Å². The molecule has 1 aromatic carbocycles. The Balaban J connectivity index is 1.47. The van der Waals surface area contributed by atoms with Crippen molar-refractivity contribution >= 4 is 40.8 Å². The molecule has 2 fully saturated rings. The SMILES string of the molecule is CSc1cc(-c2scnc2C)ccc1CNC(=O)[C@@H]1C[C@@H](O)CN1C(=O)[C@@H](NC(=O)C1(F)CC1)C(C)(C)C. The number of amides is 3. The van der Waals surface area contributed by atoms with Crippen LogP contribution in [-0.4, -0.2) is 69.4 Å². The number of hydrogen-bond donors (Lipinski definition) is 3. The third-order valence-corrected chi connectivity index (χ3v) is 8.89. The molecule has 3 amide bonds. The molecular formula is C27H35FN4O4S2. The van der Waals surface area contributed by atoms with E-state index in [4.69, 9.17) is 0 Å². The van der Waals surface area contributed by atoms with Crippen LogP contribution in [0.25, 0.3) is 10.4 Å². The summed E-state index contributed by atoms with van der Waals surface area (Å²) >= 11 is 3.16. The molecule has 8 nitrogen and oxygen atoms in total. The second kappa shape index (κ2) is 10.9. The lowest BCUT2D eigenvalue weighted by Gasteiger charge is -2.35. The zero-order valence-electron chi connectivity index (χ0n) is 22.3. The molecule has 38 heavy (non-hydrogen) atoms. The molecule has 0 unspecified atom stereocenters. The molecule has 4 rings (SSSR count). The predicted molar refractivity (Wildman–Crippen MR) is 146 cm³/mol.